The summed E-state index contributed by atoms with van der Waals surface area (Å²) in [5.41, 5.74) is 5.36. The van der Waals surface area contributed by atoms with Crippen LogP contribution in [-0.4, -0.2) is 60.3 Å². The lowest BCUT2D eigenvalue weighted by Crippen LogP contribution is -2.50. The number of aromatic carboxylic acids is 1. The molecule has 1 aliphatic rings. The van der Waals surface area contributed by atoms with Crippen molar-refractivity contribution in [2.75, 3.05) is 33.3 Å². The van der Waals surface area contributed by atoms with E-state index in [9.17, 15) is 23.1 Å². The van der Waals surface area contributed by atoms with Gasteiger partial charge in [0.1, 0.15) is 5.75 Å². The van der Waals surface area contributed by atoms with Gasteiger partial charge in [0.15, 0.2) is 0 Å². The molecule has 190 valence electrons. The number of carboxylic acid groups (broad SMARTS) is 1. The van der Waals surface area contributed by atoms with Gasteiger partial charge >= 0.3 is 12.1 Å². The standard InChI is InChI=1S/C27H33F3N2O3/c1-5-7-22-18(3)19(6-2)14-25(35-4)23(22)15-32-13-12-31(17-27(28,29)30)16-24(32)20-8-10-21(11-9-20)26(33)34/h5,7-11,14,24H,6,12-13,15-17H2,1-4H3,(H,33,34)/b7-5-. The number of nitrogens with zero attached hydrogens (tertiary/aromatic N) is 2. The van der Waals surface area contributed by atoms with Gasteiger partial charge in [0, 0.05) is 37.8 Å². The summed E-state index contributed by atoms with van der Waals surface area (Å²) in [6.07, 6.45) is 0.619. The number of rotatable bonds is 8. The summed E-state index contributed by atoms with van der Waals surface area (Å²) in [5.74, 6) is -0.277. The maximum Gasteiger partial charge on any atom is 0.401 e. The van der Waals surface area contributed by atoms with Crippen LogP contribution in [0.1, 0.15) is 58.1 Å². The van der Waals surface area contributed by atoms with E-state index in [1.165, 1.54) is 28.2 Å². The van der Waals surface area contributed by atoms with Gasteiger partial charge in [0.25, 0.3) is 0 Å². The molecule has 0 bridgehead atoms. The van der Waals surface area contributed by atoms with Gasteiger partial charge in [-0.15, -0.1) is 0 Å². The second-order valence-electron chi connectivity index (χ2n) is 8.87. The first-order valence-electron chi connectivity index (χ1n) is 11.8. The molecule has 0 aromatic heterocycles. The molecule has 1 N–H and O–H groups in total. The molecule has 0 amide bonds. The molecular weight excluding hydrogens is 457 g/mol. The largest absolute Gasteiger partial charge is 0.496 e. The van der Waals surface area contributed by atoms with Crippen LogP contribution in [0.25, 0.3) is 6.08 Å². The number of halogens is 3. The number of methoxy groups -OCH3 is 1. The summed E-state index contributed by atoms with van der Waals surface area (Å²) in [5, 5.41) is 9.25. The van der Waals surface area contributed by atoms with Crippen LogP contribution in [0.15, 0.2) is 36.4 Å². The second-order valence-corrected chi connectivity index (χ2v) is 8.87. The zero-order chi connectivity index (χ0) is 25.8. The zero-order valence-corrected chi connectivity index (χ0v) is 20.7. The Labute approximate surface area is 204 Å². The summed E-state index contributed by atoms with van der Waals surface area (Å²) in [4.78, 5) is 14.9. The molecule has 1 aliphatic heterocycles. The topological polar surface area (TPSA) is 53.0 Å². The van der Waals surface area contributed by atoms with Crippen LogP contribution in [0.4, 0.5) is 13.2 Å². The minimum absolute atomic E-state index is 0.145. The molecule has 0 spiro atoms. The molecule has 2 aromatic carbocycles. The number of benzene rings is 2. The molecule has 8 heteroatoms. The van der Waals surface area contributed by atoms with Gasteiger partial charge in [-0.25, -0.2) is 4.79 Å². The zero-order valence-electron chi connectivity index (χ0n) is 20.7. The molecule has 0 saturated carbocycles. The molecule has 0 radical (unpaired) electrons. The number of carboxylic acids is 1. The number of allylic oxidation sites excluding steroid dienone is 1. The Morgan fingerprint density at radius 2 is 1.91 bits per heavy atom. The molecule has 35 heavy (non-hydrogen) atoms. The van der Waals surface area contributed by atoms with E-state index in [-0.39, 0.29) is 24.7 Å². The third-order valence-corrected chi connectivity index (χ3v) is 6.63. The summed E-state index contributed by atoms with van der Waals surface area (Å²) in [7, 11) is 1.64. The van der Waals surface area contributed by atoms with Gasteiger partial charge in [-0.3, -0.25) is 9.80 Å². The average Bonchev–Trinajstić information content (AvgIpc) is 2.81. The number of hydrogen-bond acceptors (Lipinski definition) is 4. The maximum atomic E-state index is 13.2. The number of carbonyl (C=O) groups is 1. The fourth-order valence-corrected chi connectivity index (χ4v) is 4.82. The lowest BCUT2D eigenvalue weighted by atomic mass is 9.92. The Balaban J connectivity index is 2.01. The van der Waals surface area contributed by atoms with Crippen LogP contribution < -0.4 is 4.74 Å². The molecule has 5 nitrogen and oxygen atoms in total. The van der Waals surface area contributed by atoms with E-state index in [0.29, 0.717) is 13.1 Å². The molecule has 1 fully saturated rings. The minimum Gasteiger partial charge on any atom is -0.496 e. The van der Waals surface area contributed by atoms with E-state index in [2.05, 4.69) is 24.8 Å². The van der Waals surface area contributed by atoms with E-state index >= 15 is 0 Å². The molecule has 2 aromatic rings. The van der Waals surface area contributed by atoms with Crippen LogP contribution in [0.2, 0.25) is 0 Å². The molecule has 1 unspecified atom stereocenters. The molecule has 0 aliphatic carbocycles. The van der Waals surface area contributed by atoms with E-state index in [1.54, 1.807) is 19.2 Å². The van der Waals surface area contributed by atoms with E-state index in [1.807, 2.05) is 19.1 Å². The molecular formula is C27H33F3N2O3. The van der Waals surface area contributed by atoms with E-state index in [4.69, 9.17) is 4.74 Å². The molecule has 3 rings (SSSR count). The van der Waals surface area contributed by atoms with Crippen LogP contribution >= 0.6 is 0 Å². The van der Waals surface area contributed by atoms with E-state index in [0.717, 1.165) is 28.9 Å². The van der Waals surface area contributed by atoms with Gasteiger partial charge in [0.05, 0.1) is 19.2 Å². The SMILES string of the molecule is C/C=C\c1c(C)c(CC)cc(OC)c1CN1CCN(CC(F)(F)F)CC1c1ccc(C(=O)O)cc1. The highest BCUT2D eigenvalue weighted by atomic mass is 19.4. The van der Waals surface area contributed by atoms with Crippen molar-refractivity contribution in [3.63, 3.8) is 0 Å². The summed E-state index contributed by atoms with van der Waals surface area (Å²) in [6, 6.07) is 8.13. The number of aryl methyl sites for hydroxylation is 1. The van der Waals surface area contributed by atoms with Crippen molar-refractivity contribution < 1.29 is 27.8 Å². The van der Waals surface area contributed by atoms with E-state index < -0.39 is 18.7 Å². The van der Waals surface area contributed by atoms with Crippen molar-refractivity contribution in [2.45, 2.75) is 46.0 Å². The highest BCUT2D eigenvalue weighted by Crippen LogP contribution is 2.35. The Morgan fingerprint density at radius 3 is 2.46 bits per heavy atom. The van der Waals surface area contributed by atoms with Gasteiger partial charge in [-0.05, 0) is 60.7 Å². The van der Waals surface area contributed by atoms with Gasteiger partial charge in [0.2, 0.25) is 0 Å². The summed E-state index contributed by atoms with van der Waals surface area (Å²) >= 11 is 0. The van der Waals surface area contributed by atoms with Gasteiger partial charge in [-0.2, -0.15) is 13.2 Å². The smallest absolute Gasteiger partial charge is 0.401 e. The third-order valence-electron chi connectivity index (χ3n) is 6.63. The van der Waals surface area contributed by atoms with Crippen LogP contribution in [0.5, 0.6) is 5.75 Å². The van der Waals surface area contributed by atoms with Crippen LogP contribution in [0.3, 0.4) is 0 Å². The summed E-state index contributed by atoms with van der Waals surface area (Å²) in [6.45, 7) is 6.58. The van der Waals surface area contributed by atoms with Crippen molar-refractivity contribution in [2.24, 2.45) is 0 Å². The summed E-state index contributed by atoms with van der Waals surface area (Å²) < 4.78 is 45.2. The Kier molecular flexibility index (Phi) is 8.61. The van der Waals surface area contributed by atoms with Crippen LogP contribution in [0, 0.1) is 6.92 Å². The third kappa shape index (κ3) is 6.44. The monoisotopic (exact) mass is 490 g/mol. The maximum absolute atomic E-state index is 13.2. The Bertz CT molecular complexity index is 1060. The minimum atomic E-state index is -4.28. The van der Waals surface area contributed by atoms with Crippen molar-refractivity contribution in [1.29, 1.82) is 0 Å². The van der Waals surface area contributed by atoms with Crippen molar-refractivity contribution in [1.82, 2.24) is 9.80 Å². The van der Waals surface area contributed by atoms with Gasteiger partial charge < -0.3 is 9.84 Å². The number of ether oxygens (including phenoxy) is 1. The Hall–Kier alpha value is -2.84. The number of hydrogen-bond donors (Lipinski definition) is 1. The normalized spacial score (nSPS) is 17.7. The molecule has 1 saturated heterocycles. The fraction of sp³-hybridized carbons (Fsp3) is 0.444. The van der Waals surface area contributed by atoms with Crippen LogP contribution in [-0.2, 0) is 13.0 Å². The van der Waals surface area contributed by atoms with Gasteiger partial charge in [-0.1, -0.05) is 31.2 Å². The first-order chi connectivity index (χ1) is 16.6. The predicted octanol–water partition coefficient (Wildman–Crippen LogP) is 5.72. The second kappa shape index (κ2) is 11.3. The number of alkyl halides is 3. The highest BCUT2D eigenvalue weighted by molar-refractivity contribution is 5.87. The fourth-order valence-electron chi connectivity index (χ4n) is 4.82. The molecule has 1 atom stereocenters. The highest BCUT2D eigenvalue weighted by Gasteiger charge is 2.36. The van der Waals surface area contributed by atoms with Crippen molar-refractivity contribution in [3.8, 4) is 5.75 Å². The first kappa shape index (κ1) is 26.8. The van der Waals surface area contributed by atoms with Crippen molar-refractivity contribution in [3.05, 3.63) is 69.8 Å². The van der Waals surface area contributed by atoms with Crippen molar-refractivity contribution >= 4 is 12.0 Å². The predicted molar refractivity (Wildman–Crippen MR) is 131 cm³/mol. The Morgan fingerprint density at radius 1 is 1.23 bits per heavy atom. The lowest BCUT2D eigenvalue weighted by Gasteiger charge is -2.42. The average molecular weight is 491 g/mol. The number of piperazine rings is 1. The quantitative estimate of drug-likeness (QED) is 0.513. The molecule has 1 heterocycles. The lowest BCUT2D eigenvalue weighted by molar-refractivity contribution is -0.152. The first-order valence-corrected chi connectivity index (χ1v) is 11.8.